The predicted molar refractivity (Wildman–Crippen MR) is 86.5 cm³/mol. The van der Waals surface area contributed by atoms with Crippen LogP contribution in [0.15, 0.2) is 41.7 Å². The number of nitrogens with one attached hydrogen (secondary N) is 1. The van der Waals surface area contributed by atoms with Gasteiger partial charge in [0.25, 0.3) is 0 Å². The van der Waals surface area contributed by atoms with Crippen LogP contribution in [-0.4, -0.2) is 5.78 Å². The standard InChI is InChI=1S/C17H17Cl2NO/c1-17(2)8-14-16(15(21)9-17)12(5-6-20-14)11-4-3-10(18)7-13(11)19/h3-7,12,20H,8-9H2,1-2H3. The molecule has 1 heterocycles. The second-order valence-electron chi connectivity index (χ2n) is 6.48. The number of ketones is 1. The minimum Gasteiger partial charge on any atom is -0.365 e. The van der Waals surface area contributed by atoms with Gasteiger partial charge in [-0.3, -0.25) is 4.79 Å². The van der Waals surface area contributed by atoms with E-state index in [2.05, 4.69) is 19.2 Å². The highest BCUT2D eigenvalue weighted by molar-refractivity contribution is 6.35. The number of benzene rings is 1. The third kappa shape index (κ3) is 2.75. The summed E-state index contributed by atoms with van der Waals surface area (Å²) in [4.78, 5) is 12.6. The molecule has 4 heteroatoms. The largest absolute Gasteiger partial charge is 0.365 e. The lowest BCUT2D eigenvalue weighted by atomic mass is 9.71. The van der Waals surface area contributed by atoms with E-state index >= 15 is 0 Å². The molecule has 1 aromatic carbocycles. The van der Waals surface area contributed by atoms with Crippen molar-refractivity contribution in [2.24, 2.45) is 5.41 Å². The van der Waals surface area contributed by atoms with Gasteiger partial charge in [0.1, 0.15) is 0 Å². The van der Waals surface area contributed by atoms with E-state index < -0.39 is 0 Å². The van der Waals surface area contributed by atoms with Crippen molar-refractivity contribution in [3.05, 3.63) is 57.4 Å². The lowest BCUT2D eigenvalue weighted by Crippen LogP contribution is -2.33. The molecular formula is C17H17Cl2NO. The van der Waals surface area contributed by atoms with E-state index in [0.29, 0.717) is 16.5 Å². The van der Waals surface area contributed by atoms with Crippen molar-refractivity contribution >= 4 is 29.0 Å². The van der Waals surface area contributed by atoms with Crippen molar-refractivity contribution in [3.8, 4) is 0 Å². The minimum atomic E-state index is -0.0883. The Morgan fingerprint density at radius 3 is 2.71 bits per heavy atom. The maximum Gasteiger partial charge on any atom is 0.162 e. The van der Waals surface area contributed by atoms with Crippen LogP contribution in [0.5, 0.6) is 0 Å². The number of halogens is 2. The molecule has 0 spiro atoms. The lowest BCUT2D eigenvalue weighted by molar-refractivity contribution is -0.118. The van der Waals surface area contributed by atoms with Gasteiger partial charge in [0.2, 0.25) is 0 Å². The number of dihydropyridines is 1. The molecule has 1 aliphatic heterocycles. The van der Waals surface area contributed by atoms with Crippen LogP contribution >= 0.6 is 23.2 Å². The Hall–Kier alpha value is -1.25. The Kier molecular flexibility index (Phi) is 3.62. The summed E-state index contributed by atoms with van der Waals surface area (Å²) < 4.78 is 0. The molecule has 21 heavy (non-hydrogen) atoms. The molecule has 0 saturated carbocycles. The number of allylic oxidation sites excluding steroid dienone is 3. The second-order valence-corrected chi connectivity index (χ2v) is 7.32. The van der Waals surface area contributed by atoms with E-state index in [0.717, 1.165) is 23.3 Å². The first kappa shape index (κ1) is 14.7. The molecule has 3 rings (SSSR count). The molecule has 0 radical (unpaired) electrons. The molecule has 110 valence electrons. The van der Waals surface area contributed by atoms with Gasteiger partial charge in [-0.25, -0.2) is 0 Å². The van der Waals surface area contributed by atoms with Gasteiger partial charge in [-0.15, -0.1) is 0 Å². The van der Waals surface area contributed by atoms with E-state index in [4.69, 9.17) is 23.2 Å². The Morgan fingerprint density at radius 2 is 2.00 bits per heavy atom. The van der Waals surface area contributed by atoms with Crippen molar-refractivity contribution in [3.63, 3.8) is 0 Å². The highest BCUT2D eigenvalue weighted by Crippen LogP contribution is 2.44. The van der Waals surface area contributed by atoms with Crippen LogP contribution in [0.3, 0.4) is 0 Å². The van der Waals surface area contributed by atoms with Crippen molar-refractivity contribution < 1.29 is 4.79 Å². The zero-order valence-corrected chi connectivity index (χ0v) is 13.6. The number of hydrogen-bond donors (Lipinski definition) is 1. The SMILES string of the molecule is CC1(C)CC(=O)C2=C(C1)NC=CC2c1ccc(Cl)cc1Cl. The minimum absolute atomic E-state index is 0.00242. The van der Waals surface area contributed by atoms with Gasteiger partial charge >= 0.3 is 0 Å². The third-order valence-corrected chi connectivity index (χ3v) is 4.64. The van der Waals surface area contributed by atoms with Gasteiger partial charge in [-0.1, -0.05) is 49.2 Å². The summed E-state index contributed by atoms with van der Waals surface area (Å²) in [5.41, 5.74) is 2.80. The maximum absolute atomic E-state index is 12.6. The van der Waals surface area contributed by atoms with Gasteiger partial charge < -0.3 is 5.32 Å². The molecule has 1 aliphatic carbocycles. The summed E-state index contributed by atoms with van der Waals surface area (Å²) in [6, 6.07) is 5.45. The normalized spacial score (nSPS) is 23.8. The molecule has 2 aliphatic rings. The Bertz CT molecular complexity index is 673. The number of Topliss-reactive ketones (excluding diaryl/α,β-unsaturated/α-hetero) is 1. The zero-order chi connectivity index (χ0) is 15.2. The molecule has 2 nitrogen and oxygen atoms in total. The summed E-state index contributed by atoms with van der Waals surface area (Å²) in [6.45, 7) is 4.25. The molecule has 0 aromatic heterocycles. The van der Waals surface area contributed by atoms with Crippen LogP contribution in [-0.2, 0) is 4.79 Å². The van der Waals surface area contributed by atoms with Crippen LogP contribution < -0.4 is 5.32 Å². The van der Waals surface area contributed by atoms with Crippen LogP contribution in [0.4, 0.5) is 0 Å². The summed E-state index contributed by atoms with van der Waals surface area (Å²) in [5.74, 6) is 0.115. The fourth-order valence-corrected chi connectivity index (χ4v) is 3.70. The highest BCUT2D eigenvalue weighted by Gasteiger charge is 2.37. The fraction of sp³-hybridized carbons (Fsp3) is 0.353. The average Bonchev–Trinajstić information content (AvgIpc) is 2.36. The Morgan fingerprint density at radius 1 is 1.24 bits per heavy atom. The van der Waals surface area contributed by atoms with Crippen molar-refractivity contribution in [2.45, 2.75) is 32.6 Å². The molecular weight excluding hydrogens is 305 g/mol. The number of rotatable bonds is 1. The highest BCUT2D eigenvalue weighted by atomic mass is 35.5. The molecule has 1 N–H and O–H groups in total. The van der Waals surface area contributed by atoms with Gasteiger partial charge in [0.15, 0.2) is 5.78 Å². The van der Waals surface area contributed by atoms with Crippen LogP contribution in [0.25, 0.3) is 0 Å². The molecule has 0 saturated heterocycles. The monoisotopic (exact) mass is 321 g/mol. The summed E-state index contributed by atoms with van der Waals surface area (Å²) >= 11 is 12.3. The smallest absolute Gasteiger partial charge is 0.162 e. The summed E-state index contributed by atoms with van der Waals surface area (Å²) in [6.07, 6.45) is 5.34. The Balaban J connectivity index is 2.07. The quantitative estimate of drug-likeness (QED) is 0.802. The molecule has 1 aromatic rings. The van der Waals surface area contributed by atoms with Crippen LogP contribution in [0, 0.1) is 5.41 Å². The van der Waals surface area contributed by atoms with Crippen molar-refractivity contribution in [2.75, 3.05) is 0 Å². The summed E-state index contributed by atoms with van der Waals surface area (Å²) in [7, 11) is 0. The van der Waals surface area contributed by atoms with E-state index in [1.807, 2.05) is 24.4 Å². The fourth-order valence-electron chi connectivity index (χ4n) is 3.18. The molecule has 1 atom stereocenters. The topological polar surface area (TPSA) is 29.1 Å². The molecule has 1 unspecified atom stereocenters. The number of carbonyl (C=O) groups is 1. The first-order chi connectivity index (χ1) is 9.87. The van der Waals surface area contributed by atoms with E-state index in [-0.39, 0.29) is 17.1 Å². The van der Waals surface area contributed by atoms with E-state index in [1.165, 1.54) is 0 Å². The van der Waals surface area contributed by atoms with Crippen LogP contribution in [0.2, 0.25) is 10.0 Å². The van der Waals surface area contributed by atoms with Gasteiger partial charge in [-0.2, -0.15) is 0 Å². The average molecular weight is 322 g/mol. The first-order valence-electron chi connectivity index (χ1n) is 7.02. The van der Waals surface area contributed by atoms with Gasteiger partial charge in [-0.05, 0) is 35.7 Å². The molecule has 0 amide bonds. The zero-order valence-electron chi connectivity index (χ0n) is 12.0. The van der Waals surface area contributed by atoms with Crippen molar-refractivity contribution in [1.29, 1.82) is 0 Å². The van der Waals surface area contributed by atoms with Gasteiger partial charge in [0.05, 0.1) is 0 Å². The first-order valence-corrected chi connectivity index (χ1v) is 7.77. The summed E-state index contributed by atoms with van der Waals surface area (Å²) in [5, 5.41) is 4.45. The lowest BCUT2D eigenvalue weighted by Gasteiger charge is -2.36. The third-order valence-electron chi connectivity index (χ3n) is 4.07. The predicted octanol–water partition coefficient (Wildman–Crippen LogP) is 4.84. The number of carbonyl (C=O) groups excluding carboxylic acids is 1. The van der Waals surface area contributed by atoms with Gasteiger partial charge in [0, 0.05) is 33.7 Å². The van der Waals surface area contributed by atoms with E-state index in [9.17, 15) is 4.79 Å². The second kappa shape index (κ2) is 5.19. The van der Waals surface area contributed by atoms with Crippen molar-refractivity contribution in [1.82, 2.24) is 5.32 Å². The molecule has 0 bridgehead atoms. The van der Waals surface area contributed by atoms with E-state index in [1.54, 1.807) is 6.07 Å². The number of hydrogen-bond acceptors (Lipinski definition) is 2. The van der Waals surface area contributed by atoms with Crippen LogP contribution in [0.1, 0.15) is 38.2 Å². The molecule has 0 fully saturated rings. The Labute approximate surface area is 134 Å². The maximum atomic E-state index is 12.6.